The number of hydrogen-bond acceptors (Lipinski definition) is 4. The minimum atomic E-state index is -0.290. The highest BCUT2D eigenvalue weighted by Gasteiger charge is 2.23. The summed E-state index contributed by atoms with van der Waals surface area (Å²) in [5.74, 6) is -0.557. The van der Waals surface area contributed by atoms with Crippen LogP contribution in [0, 0.1) is 5.82 Å². The number of pyridine rings is 1. The van der Waals surface area contributed by atoms with Crippen LogP contribution in [0.25, 0.3) is 0 Å². The summed E-state index contributed by atoms with van der Waals surface area (Å²) in [7, 11) is 0. The van der Waals surface area contributed by atoms with E-state index in [2.05, 4.69) is 15.2 Å². The van der Waals surface area contributed by atoms with Gasteiger partial charge in [0, 0.05) is 31.9 Å². The predicted octanol–water partition coefficient (Wildman–Crippen LogP) is 1.32. The average molecular weight is 345 g/mol. The number of ether oxygens (including phenoxy) is 1. The standard InChI is InChI=1S/C18H20FN3O3/c19-15-4-1-13(2-5-15)16(22-7-9-25-10-8-22)12-21-18(24)14-3-6-17(23)20-11-14/h1-6,11,16H,7-10,12H2,(H,20,23)(H,21,24). The number of nitrogens with zero attached hydrogens (tertiary/aromatic N) is 1. The Morgan fingerprint density at radius 2 is 1.92 bits per heavy atom. The predicted molar refractivity (Wildman–Crippen MR) is 90.9 cm³/mol. The first kappa shape index (κ1) is 17.3. The lowest BCUT2D eigenvalue weighted by Crippen LogP contribution is -2.43. The zero-order chi connectivity index (χ0) is 17.6. The van der Waals surface area contributed by atoms with Crippen LogP contribution in [0.4, 0.5) is 4.39 Å². The lowest BCUT2D eigenvalue weighted by molar-refractivity contribution is 0.0162. The SMILES string of the molecule is O=C(NCC(c1ccc(F)cc1)N1CCOCC1)c1ccc(=O)[nH]c1. The third kappa shape index (κ3) is 4.52. The number of carbonyl (C=O) groups excluding carboxylic acids is 1. The largest absolute Gasteiger partial charge is 0.379 e. The molecule has 132 valence electrons. The van der Waals surface area contributed by atoms with Gasteiger partial charge in [-0.3, -0.25) is 14.5 Å². The molecule has 7 heteroatoms. The van der Waals surface area contributed by atoms with Crippen LogP contribution < -0.4 is 10.9 Å². The molecule has 0 saturated carbocycles. The van der Waals surface area contributed by atoms with Gasteiger partial charge in [-0.25, -0.2) is 4.39 Å². The smallest absolute Gasteiger partial charge is 0.252 e. The molecule has 0 bridgehead atoms. The van der Waals surface area contributed by atoms with Gasteiger partial charge in [-0.2, -0.15) is 0 Å². The zero-order valence-corrected chi connectivity index (χ0v) is 13.7. The minimum absolute atomic E-state index is 0.0730. The van der Waals surface area contributed by atoms with Crippen LogP contribution >= 0.6 is 0 Å². The molecule has 1 aromatic heterocycles. The van der Waals surface area contributed by atoms with Crippen molar-refractivity contribution >= 4 is 5.91 Å². The molecule has 0 radical (unpaired) electrons. The Hall–Kier alpha value is -2.51. The van der Waals surface area contributed by atoms with Gasteiger partial charge in [0.05, 0.1) is 24.8 Å². The van der Waals surface area contributed by atoms with E-state index in [0.717, 1.165) is 18.7 Å². The van der Waals surface area contributed by atoms with E-state index >= 15 is 0 Å². The highest BCUT2D eigenvalue weighted by atomic mass is 19.1. The van der Waals surface area contributed by atoms with E-state index in [1.165, 1.54) is 30.5 Å². The third-order valence-corrected chi connectivity index (χ3v) is 4.24. The molecule has 0 aliphatic carbocycles. The Labute approximate surface area is 144 Å². The Kier molecular flexibility index (Phi) is 5.57. The number of aromatic nitrogens is 1. The molecule has 2 N–H and O–H groups in total. The van der Waals surface area contributed by atoms with E-state index in [-0.39, 0.29) is 23.3 Å². The summed E-state index contributed by atoms with van der Waals surface area (Å²) in [5.41, 5.74) is 1.07. The summed E-state index contributed by atoms with van der Waals surface area (Å²) in [6.07, 6.45) is 1.39. The number of carbonyl (C=O) groups is 1. The van der Waals surface area contributed by atoms with Gasteiger partial charge in [-0.15, -0.1) is 0 Å². The van der Waals surface area contributed by atoms with Crippen molar-refractivity contribution in [3.8, 4) is 0 Å². The fraction of sp³-hybridized carbons (Fsp3) is 0.333. The highest BCUT2D eigenvalue weighted by Crippen LogP contribution is 2.21. The van der Waals surface area contributed by atoms with Crippen LogP contribution in [0.15, 0.2) is 47.4 Å². The second-order valence-electron chi connectivity index (χ2n) is 5.87. The van der Waals surface area contributed by atoms with Crippen molar-refractivity contribution in [3.05, 3.63) is 69.9 Å². The summed E-state index contributed by atoms with van der Waals surface area (Å²) in [6.45, 7) is 3.13. The van der Waals surface area contributed by atoms with Gasteiger partial charge in [0.25, 0.3) is 5.91 Å². The first-order valence-electron chi connectivity index (χ1n) is 8.18. The van der Waals surface area contributed by atoms with Gasteiger partial charge in [0.2, 0.25) is 5.56 Å². The van der Waals surface area contributed by atoms with Gasteiger partial charge in [-0.1, -0.05) is 12.1 Å². The topological polar surface area (TPSA) is 74.4 Å². The minimum Gasteiger partial charge on any atom is -0.379 e. The fourth-order valence-electron chi connectivity index (χ4n) is 2.88. The van der Waals surface area contributed by atoms with Gasteiger partial charge < -0.3 is 15.0 Å². The van der Waals surface area contributed by atoms with E-state index in [9.17, 15) is 14.0 Å². The second kappa shape index (κ2) is 8.04. The van der Waals surface area contributed by atoms with Gasteiger partial charge in [-0.05, 0) is 23.8 Å². The molecule has 2 aromatic rings. The second-order valence-corrected chi connectivity index (χ2v) is 5.87. The number of H-pyrrole nitrogens is 1. The molecule has 1 fully saturated rings. The van der Waals surface area contributed by atoms with Crippen LogP contribution in [0.1, 0.15) is 22.0 Å². The van der Waals surface area contributed by atoms with E-state index in [4.69, 9.17) is 4.74 Å². The van der Waals surface area contributed by atoms with E-state index < -0.39 is 0 Å². The van der Waals surface area contributed by atoms with Crippen molar-refractivity contribution in [2.24, 2.45) is 0 Å². The number of benzene rings is 1. The Morgan fingerprint density at radius 3 is 2.56 bits per heavy atom. The molecular weight excluding hydrogens is 325 g/mol. The van der Waals surface area contributed by atoms with Crippen LogP contribution in [-0.2, 0) is 4.74 Å². The Balaban J connectivity index is 1.72. The molecule has 1 unspecified atom stereocenters. The number of amides is 1. The van der Waals surface area contributed by atoms with Gasteiger partial charge in [0.15, 0.2) is 0 Å². The molecule has 1 saturated heterocycles. The highest BCUT2D eigenvalue weighted by molar-refractivity contribution is 5.93. The van der Waals surface area contributed by atoms with Crippen LogP contribution in [-0.4, -0.2) is 48.6 Å². The molecule has 2 heterocycles. The maximum atomic E-state index is 13.2. The van der Waals surface area contributed by atoms with Crippen molar-refractivity contribution in [2.75, 3.05) is 32.8 Å². The number of aromatic amines is 1. The van der Waals surface area contributed by atoms with Crippen molar-refractivity contribution < 1.29 is 13.9 Å². The maximum absolute atomic E-state index is 13.2. The Bertz CT molecular complexity index is 749. The number of hydrogen-bond donors (Lipinski definition) is 2. The first-order valence-corrected chi connectivity index (χ1v) is 8.18. The lowest BCUT2D eigenvalue weighted by atomic mass is 10.0. The summed E-state index contributed by atoms with van der Waals surface area (Å²) in [5, 5.41) is 2.89. The summed E-state index contributed by atoms with van der Waals surface area (Å²) in [4.78, 5) is 28.1. The number of rotatable bonds is 5. The molecule has 6 nitrogen and oxygen atoms in total. The molecular formula is C18H20FN3O3. The summed E-state index contributed by atoms with van der Waals surface area (Å²) < 4.78 is 18.6. The lowest BCUT2D eigenvalue weighted by Gasteiger charge is -2.35. The average Bonchev–Trinajstić information content (AvgIpc) is 2.64. The first-order chi connectivity index (χ1) is 12.1. The van der Waals surface area contributed by atoms with Crippen LogP contribution in [0.5, 0.6) is 0 Å². The number of halogens is 1. The molecule has 1 atom stereocenters. The van der Waals surface area contributed by atoms with Crippen molar-refractivity contribution in [1.82, 2.24) is 15.2 Å². The maximum Gasteiger partial charge on any atom is 0.252 e. The molecule has 0 spiro atoms. The summed E-state index contributed by atoms with van der Waals surface area (Å²) in [6, 6.07) is 9.04. The van der Waals surface area contributed by atoms with Crippen LogP contribution in [0.3, 0.4) is 0 Å². The zero-order valence-electron chi connectivity index (χ0n) is 13.7. The molecule has 1 amide bonds. The van der Waals surface area contributed by atoms with E-state index in [0.29, 0.717) is 25.3 Å². The molecule has 1 aromatic carbocycles. The Morgan fingerprint density at radius 1 is 1.20 bits per heavy atom. The van der Waals surface area contributed by atoms with Crippen molar-refractivity contribution in [2.45, 2.75) is 6.04 Å². The normalized spacial score (nSPS) is 16.4. The number of morpholine rings is 1. The van der Waals surface area contributed by atoms with E-state index in [1.807, 2.05) is 0 Å². The monoisotopic (exact) mass is 345 g/mol. The van der Waals surface area contributed by atoms with Gasteiger partial charge >= 0.3 is 0 Å². The van der Waals surface area contributed by atoms with Crippen molar-refractivity contribution in [1.29, 1.82) is 0 Å². The molecule has 25 heavy (non-hydrogen) atoms. The third-order valence-electron chi connectivity index (χ3n) is 4.24. The molecule has 1 aliphatic rings. The molecule has 3 rings (SSSR count). The number of nitrogens with one attached hydrogen (secondary N) is 2. The van der Waals surface area contributed by atoms with Crippen LogP contribution in [0.2, 0.25) is 0 Å². The summed E-state index contributed by atoms with van der Waals surface area (Å²) >= 11 is 0. The fourth-order valence-corrected chi connectivity index (χ4v) is 2.88. The quantitative estimate of drug-likeness (QED) is 0.857. The molecule has 1 aliphatic heterocycles. The van der Waals surface area contributed by atoms with Crippen molar-refractivity contribution in [3.63, 3.8) is 0 Å². The van der Waals surface area contributed by atoms with Gasteiger partial charge in [0.1, 0.15) is 5.82 Å². The van der Waals surface area contributed by atoms with E-state index in [1.54, 1.807) is 12.1 Å².